The van der Waals surface area contributed by atoms with Crippen LogP contribution in [0, 0.1) is 0 Å². The molecule has 1 atom stereocenters. The third-order valence-corrected chi connectivity index (χ3v) is 4.96. The van der Waals surface area contributed by atoms with Gasteiger partial charge in [0, 0.05) is 18.4 Å². The molecule has 1 heterocycles. The number of nitrogens with zero attached hydrogens (tertiary/aromatic N) is 1. The predicted octanol–water partition coefficient (Wildman–Crippen LogP) is 2.02. The number of imidazole rings is 1. The van der Waals surface area contributed by atoms with Gasteiger partial charge in [-0.15, -0.1) is 0 Å². The van der Waals surface area contributed by atoms with E-state index in [4.69, 9.17) is 0 Å². The van der Waals surface area contributed by atoms with Crippen molar-refractivity contribution in [2.75, 3.05) is 5.32 Å². The second-order valence-electron chi connectivity index (χ2n) is 5.23. The summed E-state index contributed by atoms with van der Waals surface area (Å²) in [5.74, 6) is 0.761. The van der Waals surface area contributed by atoms with Gasteiger partial charge in [-0.2, -0.15) is 0 Å². The molecule has 6 nitrogen and oxygen atoms in total. The highest BCUT2D eigenvalue weighted by Gasteiger charge is 2.29. The Hall–Kier alpha value is -1.86. The van der Waals surface area contributed by atoms with E-state index in [1.165, 1.54) is 0 Å². The second kappa shape index (κ2) is 5.50. The van der Waals surface area contributed by atoms with Crippen molar-refractivity contribution in [3.05, 3.63) is 42.5 Å². The zero-order valence-corrected chi connectivity index (χ0v) is 12.5. The van der Waals surface area contributed by atoms with Gasteiger partial charge in [-0.05, 0) is 31.9 Å². The van der Waals surface area contributed by atoms with Crippen LogP contribution in [0.5, 0.6) is 0 Å². The smallest absolute Gasteiger partial charge is 0.242 e. The lowest BCUT2D eigenvalue weighted by atomic mass is 10.2. The van der Waals surface area contributed by atoms with Gasteiger partial charge in [0.15, 0.2) is 0 Å². The average Bonchev–Trinajstić information content (AvgIpc) is 3.08. The number of rotatable bonds is 6. The van der Waals surface area contributed by atoms with Crippen molar-refractivity contribution in [2.45, 2.75) is 36.7 Å². The molecule has 3 rings (SSSR count). The highest BCUT2D eigenvalue weighted by atomic mass is 32.2. The average molecular weight is 306 g/mol. The van der Waals surface area contributed by atoms with Crippen molar-refractivity contribution < 1.29 is 8.42 Å². The molecular weight excluding hydrogens is 288 g/mol. The summed E-state index contributed by atoms with van der Waals surface area (Å²) < 4.78 is 27.5. The number of nitrogens with one attached hydrogen (secondary N) is 3. The summed E-state index contributed by atoms with van der Waals surface area (Å²) in [7, 11) is -3.49. The van der Waals surface area contributed by atoms with E-state index in [1.807, 2.05) is 13.0 Å². The van der Waals surface area contributed by atoms with Crippen LogP contribution < -0.4 is 10.0 Å². The van der Waals surface area contributed by atoms with Gasteiger partial charge < -0.3 is 10.3 Å². The van der Waals surface area contributed by atoms with E-state index >= 15 is 0 Å². The van der Waals surface area contributed by atoms with Crippen molar-refractivity contribution in [3.8, 4) is 0 Å². The lowest BCUT2D eigenvalue weighted by molar-refractivity contribution is 0.581. The van der Waals surface area contributed by atoms with Crippen LogP contribution in [0.1, 0.15) is 31.6 Å². The molecule has 0 radical (unpaired) electrons. The normalized spacial score (nSPS) is 16.6. The number of benzene rings is 1. The molecular formula is C14H18N4O2S. The van der Waals surface area contributed by atoms with Crippen LogP contribution in [0.15, 0.2) is 41.6 Å². The zero-order valence-electron chi connectivity index (χ0n) is 11.7. The van der Waals surface area contributed by atoms with Gasteiger partial charge in [0.05, 0.1) is 11.7 Å². The van der Waals surface area contributed by atoms with Gasteiger partial charge >= 0.3 is 0 Å². The van der Waals surface area contributed by atoms with Crippen LogP contribution in [0.4, 0.5) is 5.69 Å². The molecule has 1 unspecified atom stereocenters. The summed E-state index contributed by atoms with van der Waals surface area (Å²) in [5, 5.41) is 3.20. The Labute approximate surface area is 124 Å². The Morgan fingerprint density at radius 1 is 1.33 bits per heavy atom. The molecule has 1 aromatic heterocycles. The number of H-pyrrole nitrogens is 1. The monoisotopic (exact) mass is 306 g/mol. The zero-order chi connectivity index (χ0) is 14.9. The molecule has 1 aliphatic rings. The van der Waals surface area contributed by atoms with Crippen molar-refractivity contribution in [1.29, 1.82) is 0 Å². The molecule has 1 aromatic carbocycles. The Balaban J connectivity index is 1.85. The van der Waals surface area contributed by atoms with E-state index in [-0.39, 0.29) is 17.0 Å². The maximum absolute atomic E-state index is 12.4. The Morgan fingerprint density at radius 3 is 2.76 bits per heavy atom. The van der Waals surface area contributed by atoms with Crippen molar-refractivity contribution in [2.24, 2.45) is 0 Å². The number of para-hydroxylation sites is 1. The molecule has 1 aliphatic carbocycles. The van der Waals surface area contributed by atoms with E-state index in [0.29, 0.717) is 5.69 Å². The number of sulfonamides is 1. The van der Waals surface area contributed by atoms with Crippen LogP contribution >= 0.6 is 0 Å². The Morgan fingerprint density at radius 2 is 2.10 bits per heavy atom. The molecule has 2 aromatic rings. The number of aromatic amines is 1. The first-order valence-corrected chi connectivity index (χ1v) is 8.42. The topological polar surface area (TPSA) is 86.9 Å². The highest BCUT2D eigenvalue weighted by molar-refractivity contribution is 7.89. The van der Waals surface area contributed by atoms with E-state index < -0.39 is 10.0 Å². The first kappa shape index (κ1) is 14.1. The van der Waals surface area contributed by atoms with Crippen LogP contribution in [0.2, 0.25) is 0 Å². The SMILES string of the molecule is CC(Nc1ccccc1S(=O)(=O)NC1CC1)c1ncc[nH]1. The lowest BCUT2D eigenvalue weighted by Gasteiger charge is -2.17. The lowest BCUT2D eigenvalue weighted by Crippen LogP contribution is -2.26. The quantitative estimate of drug-likeness (QED) is 0.762. The maximum Gasteiger partial charge on any atom is 0.242 e. The minimum absolute atomic E-state index is 0.0885. The van der Waals surface area contributed by atoms with Crippen molar-refractivity contribution in [3.63, 3.8) is 0 Å². The molecule has 0 aliphatic heterocycles. The van der Waals surface area contributed by atoms with Crippen LogP contribution in [0.3, 0.4) is 0 Å². The van der Waals surface area contributed by atoms with E-state index in [2.05, 4.69) is 20.0 Å². The van der Waals surface area contributed by atoms with Crippen molar-refractivity contribution in [1.82, 2.24) is 14.7 Å². The van der Waals surface area contributed by atoms with Gasteiger partial charge in [-0.1, -0.05) is 12.1 Å². The molecule has 0 bridgehead atoms. The largest absolute Gasteiger partial charge is 0.374 e. The molecule has 0 saturated heterocycles. The number of hydrogen-bond acceptors (Lipinski definition) is 4. The summed E-state index contributed by atoms with van der Waals surface area (Å²) in [5.41, 5.74) is 0.578. The molecule has 3 N–H and O–H groups in total. The minimum atomic E-state index is -3.49. The molecule has 0 spiro atoms. The van der Waals surface area contributed by atoms with Crippen molar-refractivity contribution >= 4 is 15.7 Å². The van der Waals surface area contributed by atoms with Gasteiger partial charge in [-0.25, -0.2) is 18.1 Å². The standard InChI is InChI=1S/C14H18N4O2S/c1-10(14-15-8-9-16-14)17-12-4-2-3-5-13(12)21(19,20)18-11-6-7-11/h2-5,8-11,17-18H,6-7H2,1H3,(H,15,16). The Kier molecular flexibility index (Phi) is 3.69. The molecule has 1 saturated carbocycles. The summed E-state index contributed by atoms with van der Waals surface area (Å²) in [6.45, 7) is 1.93. The fourth-order valence-electron chi connectivity index (χ4n) is 2.12. The molecule has 0 amide bonds. The number of hydrogen-bond donors (Lipinski definition) is 3. The summed E-state index contributed by atoms with van der Waals surface area (Å²) in [6.07, 6.45) is 5.24. The summed E-state index contributed by atoms with van der Waals surface area (Å²) >= 11 is 0. The summed E-state index contributed by atoms with van der Waals surface area (Å²) in [6, 6.07) is 6.89. The second-order valence-corrected chi connectivity index (χ2v) is 6.91. The van der Waals surface area contributed by atoms with Crippen LogP contribution in [-0.2, 0) is 10.0 Å². The molecule has 21 heavy (non-hydrogen) atoms. The fourth-order valence-corrected chi connectivity index (χ4v) is 3.60. The number of anilines is 1. The van der Waals surface area contributed by atoms with Gasteiger partial charge in [-0.3, -0.25) is 0 Å². The van der Waals surface area contributed by atoms with Gasteiger partial charge in [0.2, 0.25) is 10.0 Å². The minimum Gasteiger partial charge on any atom is -0.374 e. The Bertz CT molecular complexity index is 708. The van der Waals surface area contributed by atoms with E-state index in [9.17, 15) is 8.42 Å². The molecule has 7 heteroatoms. The first-order valence-electron chi connectivity index (χ1n) is 6.93. The van der Waals surface area contributed by atoms with E-state index in [1.54, 1.807) is 30.6 Å². The van der Waals surface area contributed by atoms with Gasteiger partial charge in [0.25, 0.3) is 0 Å². The van der Waals surface area contributed by atoms with Gasteiger partial charge in [0.1, 0.15) is 10.7 Å². The van der Waals surface area contributed by atoms with E-state index in [0.717, 1.165) is 18.7 Å². The summed E-state index contributed by atoms with van der Waals surface area (Å²) in [4.78, 5) is 7.47. The maximum atomic E-state index is 12.4. The molecule has 112 valence electrons. The van der Waals surface area contributed by atoms with Crippen LogP contribution in [-0.4, -0.2) is 24.4 Å². The first-order chi connectivity index (χ1) is 10.1. The fraction of sp³-hybridized carbons (Fsp3) is 0.357. The third kappa shape index (κ3) is 3.25. The highest BCUT2D eigenvalue weighted by Crippen LogP contribution is 2.27. The number of aromatic nitrogens is 2. The molecule has 1 fully saturated rings. The predicted molar refractivity (Wildman–Crippen MR) is 80.4 cm³/mol. The van der Waals surface area contributed by atoms with Crippen LogP contribution in [0.25, 0.3) is 0 Å². The third-order valence-electron chi connectivity index (χ3n) is 3.38.